The number of nitrogens with two attached hydrogens (primary N) is 1. The van der Waals surface area contributed by atoms with Crippen molar-refractivity contribution in [2.24, 2.45) is 5.73 Å². The second-order valence-electron chi connectivity index (χ2n) is 6.78. The Morgan fingerprint density at radius 1 is 1.15 bits per heavy atom. The molecule has 154 valence electrons. The lowest BCUT2D eigenvalue weighted by Crippen LogP contribution is -2.41. The summed E-state index contributed by atoms with van der Waals surface area (Å²) in [6, 6.07) is 0. The van der Waals surface area contributed by atoms with E-state index in [1.165, 1.54) is 22.0 Å². The lowest BCUT2D eigenvalue weighted by molar-refractivity contribution is 0.307. The van der Waals surface area contributed by atoms with Crippen LogP contribution < -0.4 is 5.73 Å². The van der Waals surface area contributed by atoms with Crippen molar-refractivity contribution in [1.82, 2.24) is 15.0 Å². The highest BCUT2D eigenvalue weighted by Gasteiger charge is 2.57. The predicted molar refractivity (Wildman–Crippen MR) is 102 cm³/mol. The second kappa shape index (κ2) is 9.39. The zero-order chi connectivity index (χ0) is 20.9. The number of aryl methyl sites for hydroxylation is 1. The van der Waals surface area contributed by atoms with Crippen LogP contribution in [0.5, 0.6) is 0 Å². The number of hydrogen-bond acceptors (Lipinski definition) is 5. The van der Waals surface area contributed by atoms with Gasteiger partial charge in [0.05, 0.1) is 5.69 Å². The Morgan fingerprint density at radius 3 is 2.26 bits per heavy atom. The van der Waals surface area contributed by atoms with Gasteiger partial charge in [0.15, 0.2) is 0 Å². The van der Waals surface area contributed by atoms with Gasteiger partial charge in [-0.1, -0.05) is 28.5 Å². The van der Waals surface area contributed by atoms with Crippen LogP contribution in [-0.4, -0.2) is 39.6 Å². The van der Waals surface area contributed by atoms with Gasteiger partial charge in [-0.3, -0.25) is 13.8 Å². The molecule has 6 N–H and O–H groups in total. The number of rotatable bonds is 10. The lowest BCUT2D eigenvalue weighted by Gasteiger charge is -2.29. The van der Waals surface area contributed by atoms with Crippen molar-refractivity contribution in [3.05, 3.63) is 35.2 Å². The molecule has 0 unspecified atom stereocenters. The molecule has 0 spiro atoms. The van der Waals surface area contributed by atoms with E-state index in [4.69, 9.17) is 5.73 Å². The van der Waals surface area contributed by atoms with Gasteiger partial charge in [0.25, 0.3) is 0 Å². The summed E-state index contributed by atoms with van der Waals surface area (Å²) in [7, 11) is -10.6. The summed E-state index contributed by atoms with van der Waals surface area (Å²) in [4.78, 5) is 37.1. The molecule has 0 aromatic carbocycles. The zero-order valence-electron chi connectivity index (χ0n) is 15.7. The molecular formula is C15H28N4O6P2. The minimum atomic E-state index is -5.29. The number of allylic oxidation sites excluding steroid dienone is 4. The first-order chi connectivity index (χ1) is 12.3. The van der Waals surface area contributed by atoms with Crippen LogP contribution in [0, 0.1) is 0 Å². The maximum atomic E-state index is 11.5. The van der Waals surface area contributed by atoms with Crippen molar-refractivity contribution in [1.29, 1.82) is 0 Å². The van der Waals surface area contributed by atoms with Gasteiger partial charge in [0, 0.05) is 19.2 Å². The van der Waals surface area contributed by atoms with E-state index >= 15 is 0 Å². The molecule has 0 bridgehead atoms. The molecule has 0 aliphatic heterocycles. The van der Waals surface area contributed by atoms with Crippen molar-refractivity contribution >= 4 is 15.2 Å². The molecule has 1 aromatic rings. The van der Waals surface area contributed by atoms with Crippen molar-refractivity contribution in [3.8, 4) is 0 Å². The summed E-state index contributed by atoms with van der Waals surface area (Å²) >= 11 is 0. The Bertz CT molecular complexity index is 766. The highest BCUT2D eigenvalue weighted by molar-refractivity contribution is 7.72. The molecule has 27 heavy (non-hydrogen) atoms. The fourth-order valence-corrected chi connectivity index (χ4v) is 4.40. The zero-order valence-corrected chi connectivity index (χ0v) is 17.5. The van der Waals surface area contributed by atoms with Gasteiger partial charge in [0.1, 0.15) is 0 Å². The molecule has 0 aliphatic rings. The summed E-state index contributed by atoms with van der Waals surface area (Å²) in [6.07, 6.45) is 7.42. The predicted octanol–water partition coefficient (Wildman–Crippen LogP) is 1.87. The van der Waals surface area contributed by atoms with Crippen LogP contribution >= 0.6 is 15.2 Å². The number of aromatic nitrogens is 3. The SMILES string of the molecule is CC(C)=CCC/C(C)=C/CCn1cc(CC(N)(P(=O)(O)O)P(=O)(O)O)nn1. The Labute approximate surface area is 158 Å². The highest BCUT2D eigenvalue weighted by atomic mass is 31.2. The summed E-state index contributed by atoms with van der Waals surface area (Å²) in [6.45, 7) is 6.61. The Morgan fingerprint density at radius 2 is 1.74 bits per heavy atom. The van der Waals surface area contributed by atoms with Crippen LogP contribution in [0.2, 0.25) is 0 Å². The highest BCUT2D eigenvalue weighted by Crippen LogP contribution is 2.66. The summed E-state index contributed by atoms with van der Waals surface area (Å²) in [5, 5.41) is 4.50. The third-order valence-electron chi connectivity index (χ3n) is 3.98. The van der Waals surface area contributed by atoms with E-state index in [-0.39, 0.29) is 5.69 Å². The Balaban J connectivity index is 2.72. The van der Waals surface area contributed by atoms with Crippen molar-refractivity contribution in [2.45, 2.75) is 58.0 Å². The number of nitrogens with zero attached hydrogens (tertiary/aromatic N) is 3. The van der Waals surface area contributed by atoms with E-state index in [0.717, 1.165) is 12.8 Å². The molecule has 0 atom stereocenters. The van der Waals surface area contributed by atoms with Gasteiger partial charge in [0.2, 0.25) is 5.02 Å². The van der Waals surface area contributed by atoms with Crippen LogP contribution in [0.1, 0.15) is 45.7 Å². The standard InChI is InChI=1S/C15H28N4O6P2/c1-12(2)6-4-7-13(3)8-5-9-19-11-14(17-18-19)10-15(16,26(20,21)22)27(23,24)25/h6,8,11H,4-5,7,9-10,16H2,1-3H3,(H2,20,21,22)(H2,23,24,25)/b13-8+. The molecule has 0 radical (unpaired) electrons. The summed E-state index contributed by atoms with van der Waals surface area (Å²) in [5.74, 6) is 0. The third kappa shape index (κ3) is 7.08. The molecule has 0 amide bonds. The molecule has 1 rings (SSSR count). The fraction of sp³-hybridized carbons (Fsp3) is 0.600. The molecule has 0 fully saturated rings. The molecule has 0 saturated heterocycles. The van der Waals surface area contributed by atoms with E-state index in [1.807, 2.05) is 6.92 Å². The van der Waals surface area contributed by atoms with Gasteiger partial charge in [-0.2, -0.15) is 0 Å². The van der Waals surface area contributed by atoms with Gasteiger partial charge in [-0.25, -0.2) is 0 Å². The van der Waals surface area contributed by atoms with Gasteiger partial charge < -0.3 is 25.3 Å². The minimum absolute atomic E-state index is 0.00610. The fourth-order valence-electron chi connectivity index (χ4n) is 2.30. The van der Waals surface area contributed by atoms with Crippen molar-refractivity contribution in [3.63, 3.8) is 0 Å². The topological polar surface area (TPSA) is 172 Å². The van der Waals surface area contributed by atoms with E-state index in [9.17, 15) is 28.7 Å². The Hall–Kier alpha value is -1.12. The lowest BCUT2D eigenvalue weighted by atomic mass is 10.1. The molecule has 10 nitrogen and oxygen atoms in total. The normalized spacial score (nSPS) is 13.7. The third-order valence-corrected chi connectivity index (χ3v) is 7.88. The summed E-state index contributed by atoms with van der Waals surface area (Å²) < 4.78 is 24.4. The largest absolute Gasteiger partial charge is 0.358 e. The molecule has 1 aromatic heterocycles. The molecule has 0 aliphatic carbocycles. The van der Waals surface area contributed by atoms with Crippen molar-refractivity contribution < 1.29 is 28.7 Å². The number of hydrogen-bond donors (Lipinski definition) is 5. The van der Waals surface area contributed by atoms with Crippen molar-refractivity contribution in [2.75, 3.05) is 0 Å². The quantitative estimate of drug-likeness (QED) is 0.279. The van der Waals surface area contributed by atoms with E-state index in [1.54, 1.807) is 0 Å². The maximum Gasteiger partial charge on any atom is 0.358 e. The second-order valence-corrected chi connectivity index (χ2v) is 10.9. The average Bonchev–Trinajstić information content (AvgIpc) is 2.91. The average molecular weight is 422 g/mol. The van der Waals surface area contributed by atoms with Crippen LogP contribution in [0.4, 0.5) is 0 Å². The Kier molecular flexibility index (Phi) is 8.31. The van der Waals surface area contributed by atoms with Gasteiger partial charge in [-0.15, -0.1) is 5.10 Å². The summed E-state index contributed by atoms with van der Waals surface area (Å²) in [5.41, 5.74) is 7.89. The van der Waals surface area contributed by atoms with Crippen LogP contribution in [-0.2, 0) is 22.1 Å². The van der Waals surface area contributed by atoms with E-state index < -0.39 is 26.6 Å². The van der Waals surface area contributed by atoms with Crippen LogP contribution in [0.15, 0.2) is 29.5 Å². The van der Waals surface area contributed by atoms with Crippen LogP contribution in [0.25, 0.3) is 0 Å². The molecule has 0 saturated carbocycles. The maximum absolute atomic E-state index is 11.5. The molecule has 12 heteroatoms. The van der Waals surface area contributed by atoms with Gasteiger partial charge in [-0.05, 0) is 40.0 Å². The van der Waals surface area contributed by atoms with E-state index in [2.05, 4.69) is 36.3 Å². The smallest absolute Gasteiger partial charge is 0.323 e. The first-order valence-corrected chi connectivity index (χ1v) is 11.6. The molecular weight excluding hydrogens is 394 g/mol. The first kappa shape index (κ1) is 23.9. The van der Waals surface area contributed by atoms with Gasteiger partial charge >= 0.3 is 15.2 Å². The first-order valence-electron chi connectivity index (χ1n) is 8.34. The molecule has 1 heterocycles. The van der Waals surface area contributed by atoms with E-state index in [0.29, 0.717) is 13.0 Å². The van der Waals surface area contributed by atoms with Crippen LogP contribution in [0.3, 0.4) is 0 Å². The monoisotopic (exact) mass is 422 g/mol. The minimum Gasteiger partial charge on any atom is -0.323 e.